The lowest BCUT2D eigenvalue weighted by Crippen LogP contribution is -2.50. The van der Waals surface area contributed by atoms with Crippen molar-refractivity contribution in [2.24, 2.45) is 5.92 Å². The molecule has 2 atom stereocenters. The van der Waals surface area contributed by atoms with Crippen LogP contribution in [0.5, 0.6) is 0 Å². The van der Waals surface area contributed by atoms with E-state index in [1.165, 1.54) is 4.90 Å². The van der Waals surface area contributed by atoms with E-state index >= 15 is 0 Å². The maximum absolute atomic E-state index is 12.7. The Balaban J connectivity index is 1.73. The lowest BCUT2D eigenvalue weighted by molar-refractivity contribution is -0.160. The predicted molar refractivity (Wildman–Crippen MR) is 90.3 cm³/mol. The van der Waals surface area contributed by atoms with Crippen LogP contribution in [0.1, 0.15) is 17.5 Å². The van der Waals surface area contributed by atoms with Crippen molar-refractivity contribution in [3.63, 3.8) is 0 Å². The Bertz CT molecular complexity index is 717. The fraction of sp³-hybridized carbons (Fsp3) is 0.500. The van der Waals surface area contributed by atoms with Crippen LogP contribution in [-0.4, -0.2) is 60.1 Å². The first-order valence-corrected chi connectivity index (χ1v) is 8.38. The number of benzene rings is 1. The molecular formula is C18H22N2O5. The SMILES string of the molecule is Cc1cccc(N2C[C@@H](C(=O)N3CCO[C@@H](C(=O)O)C3)CC2=O)c1C. The Labute approximate surface area is 146 Å². The summed E-state index contributed by atoms with van der Waals surface area (Å²) in [6.45, 7) is 4.87. The number of ether oxygens (including phenoxy) is 1. The van der Waals surface area contributed by atoms with Crippen molar-refractivity contribution in [1.82, 2.24) is 4.90 Å². The molecule has 2 fully saturated rings. The summed E-state index contributed by atoms with van der Waals surface area (Å²) in [7, 11) is 0. The molecule has 1 aromatic carbocycles. The standard InChI is InChI=1S/C18H22N2O5/c1-11-4-3-5-14(12(11)2)20-9-13(8-16(20)21)17(22)19-6-7-25-15(10-19)18(23)24/h3-5,13,15H,6-10H2,1-2H3,(H,23,24)/t13-,15+/m0/s1. The van der Waals surface area contributed by atoms with Crippen LogP contribution in [-0.2, 0) is 19.1 Å². The molecule has 3 rings (SSSR count). The molecule has 0 aliphatic carbocycles. The van der Waals surface area contributed by atoms with Gasteiger partial charge in [-0.1, -0.05) is 12.1 Å². The maximum atomic E-state index is 12.7. The molecule has 0 saturated carbocycles. The number of carbonyl (C=O) groups is 3. The number of amides is 2. The number of nitrogens with zero attached hydrogens (tertiary/aromatic N) is 2. The molecule has 2 saturated heterocycles. The van der Waals surface area contributed by atoms with Gasteiger partial charge in [-0.25, -0.2) is 4.79 Å². The number of carboxylic acids is 1. The maximum Gasteiger partial charge on any atom is 0.334 e. The van der Waals surface area contributed by atoms with Gasteiger partial charge in [0.25, 0.3) is 0 Å². The van der Waals surface area contributed by atoms with E-state index in [9.17, 15) is 14.4 Å². The molecule has 2 aliphatic heterocycles. The lowest BCUT2D eigenvalue weighted by Gasteiger charge is -2.32. The highest BCUT2D eigenvalue weighted by Crippen LogP contribution is 2.30. The molecule has 0 aromatic heterocycles. The van der Waals surface area contributed by atoms with Crippen molar-refractivity contribution in [2.45, 2.75) is 26.4 Å². The first kappa shape index (κ1) is 17.4. The quantitative estimate of drug-likeness (QED) is 0.881. The second kappa shape index (κ2) is 6.84. The summed E-state index contributed by atoms with van der Waals surface area (Å²) >= 11 is 0. The van der Waals surface area contributed by atoms with E-state index in [1.807, 2.05) is 32.0 Å². The number of anilines is 1. The van der Waals surface area contributed by atoms with Gasteiger partial charge in [0, 0.05) is 25.2 Å². The summed E-state index contributed by atoms with van der Waals surface area (Å²) in [4.78, 5) is 39.4. The zero-order valence-corrected chi connectivity index (χ0v) is 14.4. The van der Waals surface area contributed by atoms with Crippen LogP contribution < -0.4 is 4.90 Å². The Morgan fingerprint density at radius 3 is 2.72 bits per heavy atom. The smallest absolute Gasteiger partial charge is 0.334 e. The largest absolute Gasteiger partial charge is 0.479 e. The van der Waals surface area contributed by atoms with Gasteiger partial charge in [-0.3, -0.25) is 9.59 Å². The summed E-state index contributed by atoms with van der Waals surface area (Å²) in [5, 5.41) is 9.07. The summed E-state index contributed by atoms with van der Waals surface area (Å²) in [6.07, 6.45) is -0.841. The molecule has 134 valence electrons. The Kier molecular flexibility index (Phi) is 4.76. The molecule has 0 unspecified atom stereocenters. The molecule has 7 heteroatoms. The first-order valence-electron chi connectivity index (χ1n) is 8.38. The molecule has 2 amide bonds. The van der Waals surface area contributed by atoms with Crippen molar-refractivity contribution < 1.29 is 24.2 Å². The second-order valence-electron chi connectivity index (χ2n) is 6.61. The number of carbonyl (C=O) groups excluding carboxylic acids is 2. The van der Waals surface area contributed by atoms with Crippen molar-refractivity contribution in [2.75, 3.05) is 31.1 Å². The van der Waals surface area contributed by atoms with E-state index in [4.69, 9.17) is 9.84 Å². The molecule has 7 nitrogen and oxygen atoms in total. The van der Waals surface area contributed by atoms with Gasteiger partial charge in [0.2, 0.25) is 11.8 Å². The summed E-state index contributed by atoms with van der Waals surface area (Å²) < 4.78 is 5.15. The first-order chi connectivity index (χ1) is 11.9. The number of hydrogen-bond acceptors (Lipinski definition) is 4. The molecule has 25 heavy (non-hydrogen) atoms. The van der Waals surface area contributed by atoms with Crippen LogP contribution in [0.2, 0.25) is 0 Å². The normalized spacial score (nSPS) is 23.8. The van der Waals surface area contributed by atoms with Gasteiger partial charge < -0.3 is 19.6 Å². The van der Waals surface area contributed by atoms with Crippen LogP contribution in [0.25, 0.3) is 0 Å². The zero-order chi connectivity index (χ0) is 18.1. The Morgan fingerprint density at radius 1 is 1.24 bits per heavy atom. The van der Waals surface area contributed by atoms with E-state index < -0.39 is 18.0 Å². The third-order valence-electron chi connectivity index (χ3n) is 4.99. The number of hydrogen-bond donors (Lipinski definition) is 1. The Morgan fingerprint density at radius 2 is 2.00 bits per heavy atom. The number of rotatable bonds is 3. The van der Waals surface area contributed by atoms with Gasteiger partial charge in [0.15, 0.2) is 6.10 Å². The lowest BCUT2D eigenvalue weighted by atomic mass is 10.1. The molecular weight excluding hydrogens is 324 g/mol. The van der Waals surface area contributed by atoms with E-state index in [-0.39, 0.29) is 31.4 Å². The molecule has 1 aromatic rings. The van der Waals surface area contributed by atoms with E-state index in [2.05, 4.69) is 0 Å². The van der Waals surface area contributed by atoms with Crippen LogP contribution in [0.4, 0.5) is 5.69 Å². The average Bonchev–Trinajstić information content (AvgIpc) is 2.98. The van der Waals surface area contributed by atoms with Crippen LogP contribution in [0.3, 0.4) is 0 Å². The highest BCUT2D eigenvalue weighted by atomic mass is 16.5. The third kappa shape index (κ3) is 3.37. The van der Waals surface area contributed by atoms with E-state index in [0.717, 1.165) is 16.8 Å². The highest BCUT2D eigenvalue weighted by molar-refractivity contribution is 6.01. The minimum absolute atomic E-state index is 0.0301. The molecule has 0 radical (unpaired) electrons. The zero-order valence-electron chi connectivity index (χ0n) is 14.4. The van der Waals surface area contributed by atoms with Gasteiger partial charge in [-0.2, -0.15) is 0 Å². The molecule has 1 N–H and O–H groups in total. The summed E-state index contributed by atoms with van der Waals surface area (Å²) in [5.74, 6) is -1.76. The van der Waals surface area contributed by atoms with Gasteiger partial charge >= 0.3 is 5.97 Å². The summed E-state index contributed by atoms with van der Waals surface area (Å²) in [5.41, 5.74) is 2.96. The van der Waals surface area contributed by atoms with Crippen LogP contribution in [0, 0.1) is 19.8 Å². The van der Waals surface area contributed by atoms with Crippen molar-refractivity contribution in [3.8, 4) is 0 Å². The monoisotopic (exact) mass is 346 g/mol. The molecule has 0 spiro atoms. The fourth-order valence-electron chi connectivity index (χ4n) is 3.39. The van der Waals surface area contributed by atoms with Gasteiger partial charge in [0.05, 0.1) is 19.1 Å². The van der Waals surface area contributed by atoms with Crippen molar-refractivity contribution in [1.29, 1.82) is 0 Å². The molecule has 2 heterocycles. The number of aliphatic carboxylic acids is 1. The third-order valence-corrected chi connectivity index (χ3v) is 4.99. The summed E-state index contributed by atoms with van der Waals surface area (Å²) in [6, 6.07) is 5.78. The number of carboxylic acid groups (broad SMARTS) is 1. The minimum Gasteiger partial charge on any atom is -0.479 e. The molecule has 2 aliphatic rings. The number of aryl methyl sites for hydroxylation is 1. The van der Waals surface area contributed by atoms with E-state index in [1.54, 1.807) is 4.90 Å². The van der Waals surface area contributed by atoms with Crippen LogP contribution >= 0.6 is 0 Å². The molecule has 0 bridgehead atoms. The van der Waals surface area contributed by atoms with Gasteiger partial charge in [0.1, 0.15) is 0 Å². The number of morpholine rings is 1. The topological polar surface area (TPSA) is 87.2 Å². The Hall–Kier alpha value is -2.41. The van der Waals surface area contributed by atoms with Gasteiger partial charge in [-0.15, -0.1) is 0 Å². The van der Waals surface area contributed by atoms with E-state index in [0.29, 0.717) is 13.1 Å². The van der Waals surface area contributed by atoms with Gasteiger partial charge in [-0.05, 0) is 31.0 Å². The highest BCUT2D eigenvalue weighted by Gasteiger charge is 2.39. The van der Waals surface area contributed by atoms with Crippen molar-refractivity contribution in [3.05, 3.63) is 29.3 Å². The minimum atomic E-state index is -1.07. The van der Waals surface area contributed by atoms with Crippen molar-refractivity contribution >= 4 is 23.5 Å². The predicted octanol–water partition coefficient (Wildman–Crippen LogP) is 0.968. The second-order valence-corrected chi connectivity index (χ2v) is 6.61. The fourth-order valence-corrected chi connectivity index (χ4v) is 3.39. The van der Waals surface area contributed by atoms with Crippen LogP contribution in [0.15, 0.2) is 18.2 Å². The average molecular weight is 346 g/mol.